The van der Waals surface area contributed by atoms with Crippen LogP contribution < -0.4 is 11.5 Å². The highest BCUT2D eigenvalue weighted by Crippen LogP contribution is 2.30. The topological polar surface area (TPSA) is 64.9 Å². The third kappa shape index (κ3) is 1.87. The molecule has 0 amide bonds. The fourth-order valence-corrected chi connectivity index (χ4v) is 1.91. The van der Waals surface area contributed by atoms with Crippen molar-refractivity contribution in [1.29, 1.82) is 0 Å². The standard InChI is InChI=1S/C11H17N3/c12-10(8-3-1-4-8)7-9-5-2-6-14-11(9)13/h2,5-6,8,10H,1,3-4,7,12H2,(H2,13,14). The van der Waals surface area contributed by atoms with Crippen molar-refractivity contribution in [2.45, 2.75) is 31.7 Å². The van der Waals surface area contributed by atoms with E-state index in [0.29, 0.717) is 11.7 Å². The molecule has 14 heavy (non-hydrogen) atoms. The molecular weight excluding hydrogens is 174 g/mol. The molecule has 0 aromatic carbocycles. The lowest BCUT2D eigenvalue weighted by Crippen LogP contribution is -2.36. The molecule has 0 saturated heterocycles. The third-order valence-electron chi connectivity index (χ3n) is 3.14. The monoisotopic (exact) mass is 191 g/mol. The molecule has 1 heterocycles. The summed E-state index contributed by atoms with van der Waals surface area (Å²) >= 11 is 0. The van der Waals surface area contributed by atoms with Crippen LogP contribution in [-0.4, -0.2) is 11.0 Å². The molecule has 76 valence electrons. The second-order valence-corrected chi connectivity index (χ2v) is 4.11. The van der Waals surface area contributed by atoms with E-state index in [1.807, 2.05) is 12.1 Å². The predicted octanol–water partition coefficient (Wildman–Crippen LogP) is 1.33. The molecule has 0 spiro atoms. The molecule has 4 N–H and O–H groups in total. The third-order valence-corrected chi connectivity index (χ3v) is 3.14. The Bertz CT molecular complexity index is 307. The van der Waals surface area contributed by atoms with E-state index in [1.54, 1.807) is 6.20 Å². The van der Waals surface area contributed by atoms with E-state index in [9.17, 15) is 0 Å². The van der Waals surface area contributed by atoms with Crippen LogP contribution in [0.2, 0.25) is 0 Å². The normalized spacial score (nSPS) is 18.9. The second-order valence-electron chi connectivity index (χ2n) is 4.11. The number of rotatable bonds is 3. The lowest BCUT2D eigenvalue weighted by Gasteiger charge is -2.31. The Kier molecular flexibility index (Phi) is 2.68. The van der Waals surface area contributed by atoms with Crippen molar-refractivity contribution in [3.8, 4) is 0 Å². The number of hydrogen-bond acceptors (Lipinski definition) is 3. The first-order valence-corrected chi connectivity index (χ1v) is 5.22. The number of anilines is 1. The van der Waals surface area contributed by atoms with Gasteiger partial charge in [-0.15, -0.1) is 0 Å². The summed E-state index contributed by atoms with van der Waals surface area (Å²) in [5.41, 5.74) is 12.9. The van der Waals surface area contributed by atoms with Crippen LogP contribution in [0.3, 0.4) is 0 Å². The van der Waals surface area contributed by atoms with E-state index in [4.69, 9.17) is 11.5 Å². The largest absolute Gasteiger partial charge is 0.383 e. The van der Waals surface area contributed by atoms with Gasteiger partial charge in [-0.05, 0) is 36.8 Å². The van der Waals surface area contributed by atoms with Gasteiger partial charge in [-0.25, -0.2) is 4.98 Å². The van der Waals surface area contributed by atoms with Crippen molar-refractivity contribution in [2.24, 2.45) is 11.7 Å². The predicted molar refractivity (Wildman–Crippen MR) is 57.7 cm³/mol. The molecular formula is C11H17N3. The Morgan fingerprint density at radius 2 is 2.29 bits per heavy atom. The van der Waals surface area contributed by atoms with Gasteiger partial charge in [0.25, 0.3) is 0 Å². The van der Waals surface area contributed by atoms with Crippen molar-refractivity contribution in [2.75, 3.05) is 5.73 Å². The zero-order valence-electron chi connectivity index (χ0n) is 8.32. The fraction of sp³-hybridized carbons (Fsp3) is 0.545. The summed E-state index contributed by atoms with van der Waals surface area (Å²) < 4.78 is 0. The zero-order valence-corrected chi connectivity index (χ0v) is 8.32. The molecule has 3 heteroatoms. The molecule has 2 rings (SSSR count). The van der Waals surface area contributed by atoms with Crippen LogP contribution in [0.4, 0.5) is 5.82 Å². The Hall–Kier alpha value is -1.09. The van der Waals surface area contributed by atoms with Gasteiger partial charge in [0.05, 0.1) is 0 Å². The fourth-order valence-electron chi connectivity index (χ4n) is 1.91. The summed E-state index contributed by atoms with van der Waals surface area (Å²) in [7, 11) is 0. The molecule has 1 aromatic heterocycles. The minimum atomic E-state index is 0.259. The van der Waals surface area contributed by atoms with Gasteiger partial charge in [0.2, 0.25) is 0 Å². The van der Waals surface area contributed by atoms with Crippen LogP contribution in [0.1, 0.15) is 24.8 Å². The smallest absolute Gasteiger partial charge is 0.126 e. The van der Waals surface area contributed by atoms with Crippen LogP contribution in [0.25, 0.3) is 0 Å². The van der Waals surface area contributed by atoms with Gasteiger partial charge in [-0.2, -0.15) is 0 Å². The molecule has 1 atom stereocenters. The van der Waals surface area contributed by atoms with Crippen LogP contribution >= 0.6 is 0 Å². The maximum atomic E-state index is 6.10. The van der Waals surface area contributed by atoms with Crippen molar-refractivity contribution in [3.63, 3.8) is 0 Å². The van der Waals surface area contributed by atoms with E-state index in [0.717, 1.165) is 12.0 Å². The lowest BCUT2D eigenvalue weighted by molar-refractivity contribution is 0.260. The number of nitrogens with two attached hydrogens (primary N) is 2. The van der Waals surface area contributed by atoms with E-state index >= 15 is 0 Å². The van der Waals surface area contributed by atoms with Crippen molar-refractivity contribution in [3.05, 3.63) is 23.9 Å². The quantitative estimate of drug-likeness (QED) is 0.757. The molecule has 0 bridgehead atoms. The second kappa shape index (κ2) is 3.96. The Morgan fingerprint density at radius 3 is 2.86 bits per heavy atom. The summed E-state index contributed by atoms with van der Waals surface area (Å²) in [4.78, 5) is 4.06. The molecule has 1 unspecified atom stereocenters. The maximum Gasteiger partial charge on any atom is 0.126 e. The maximum absolute atomic E-state index is 6.10. The first-order chi connectivity index (χ1) is 6.77. The Labute approximate surface area is 84.5 Å². The number of aromatic nitrogens is 1. The Morgan fingerprint density at radius 1 is 1.50 bits per heavy atom. The van der Waals surface area contributed by atoms with Gasteiger partial charge in [0, 0.05) is 12.2 Å². The number of nitrogens with zero attached hydrogens (tertiary/aromatic N) is 1. The van der Waals surface area contributed by atoms with Crippen LogP contribution in [-0.2, 0) is 6.42 Å². The summed E-state index contributed by atoms with van der Waals surface area (Å²) in [6.07, 6.45) is 6.47. The summed E-state index contributed by atoms with van der Waals surface area (Å²) in [6, 6.07) is 4.19. The van der Waals surface area contributed by atoms with Gasteiger partial charge >= 0.3 is 0 Å². The number of pyridine rings is 1. The van der Waals surface area contributed by atoms with Crippen LogP contribution in [0, 0.1) is 5.92 Å². The SMILES string of the molecule is Nc1ncccc1CC(N)C1CCC1. The molecule has 0 radical (unpaired) electrons. The van der Waals surface area contributed by atoms with Crippen molar-refractivity contribution < 1.29 is 0 Å². The van der Waals surface area contributed by atoms with E-state index in [1.165, 1.54) is 19.3 Å². The van der Waals surface area contributed by atoms with Gasteiger partial charge in [0.1, 0.15) is 5.82 Å². The minimum Gasteiger partial charge on any atom is -0.383 e. The Balaban J connectivity index is 1.99. The van der Waals surface area contributed by atoms with Gasteiger partial charge in [0.15, 0.2) is 0 Å². The van der Waals surface area contributed by atoms with E-state index < -0.39 is 0 Å². The molecule has 1 aliphatic rings. The molecule has 1 fully saturated rings. The molecule has 1 saturated carbocycles. The van der Waals surface area contributed by atoms with Gasteiger partial charge in [-0.1, -0.05) is 12.5 Å². The van der Waals surface area contributed by atoms with Crippen LogP contribution in [0.15, 0.2) is 18.3 Å². The van der Waals surface area contributed by atoms with E-state index in [2.05, 4.69) is 4.98 Å². The highest BCUT2D eigenvalue weighted by molar-refractivity contribution is 5.38. The summed E-state index contributed by atoms with van der Waals surface area (Å²) in [5.74, 6) is 1.33. The zero-order chi connectivity index (χ0) is 9.97. The van der Waals surface area contributed by atoms with Crippen molar-refractivity contribution in [1.82, 2.24) is 4.98 Å². The highest BCUT2D eigenvalue weighted by Gasteiger charge is 2.24. The van der Waals surface area contributed by atoms with Gasteiger partial charge < -0.3 is 11.5 Å². The first kappa shape index (κ1) is 9.46. The summed E-state index contributed by atoms with van der Waals surface area (Å²) in [5, 5.41) is 0. The molecule has 1 aliphatic carbocycles. The van der Waals surface area contributed by atoms with Crippen molar-refractivity contribution >= 4 is 5.82 Å². The highest BCUT2D eigenvalue weighted by atomic mass is 14.8. The average Bonchev–Trinajstić information content (AvgIpc) is 2.05. The lowest BCUT2D eigenvalue weighted by atomic mass is 9.78. The summed E-state index contributed by atoms with van der Waals surface area (Å²) in [6.45, 7) is 0. The number of hydrogen-bond donors (Lipinski definition) is 2. The number of nitrogen functional groups attached to an aromatic ring is 1. The molecule has 3 nitrogen and oxygen atoms in total. The first-order valence-electron chi connectivity index (χ1n) is 5.22. The minimum absolute atomic E-state index is 0.259. The average molecular weight is 191 g/mol. The molecule has 0 aliphatic heterocycles. The van der Waals surface area contributed by atoms with Crippen LogP contribution in [0.5, 0.6) is 0 Å². The molecule has 1 aromatic rings. The van der Waals surface area contributed by atoms with E-state index in [-0.39, 0.29) is 6.04 Å². The van der Waals surface area contributed by atoms with Gasteiger partial charge in [-0.3, -0.25) is 0 Å².